The minimum Gasteiger partial charge on any atom is -0.481 e. The SMILES string of the molecule is C=CC(O)(CC=C[C@H]1C(=O)C[C@H](O)[C@@H]1CC=CCCCC(=O)O)CCCC. The molecule has 1 rings (SSSR count). The summed E-state index contributed by atoms with van der Waals surface area (Å²) >= 11 is 0. The number of hydrogen-bond acceptors (Lipinski definition) is 4. The van der Waals surface area contributed by atoms with E-state index in [1.165, 1.54) is 0 Å². The Hall–Kier alpha value is -1.72. The molecular weight excluding hydrogens is 344 g/mol. The normalized spacial score (nSPS) is 25.3. The molecule has 0 amide bonds. The molecule has 0 aromatic carbocycles. The Labute approximate surface area is 162 Å². The number of allylic oxidation sites excluding steroid dienone is 3. The van der Waals surface area contributed by atoms with Gasteiger partial charge in [-0.2, -0.15) is 0 Å². The van der Waals surface area contributed by atoms with Crippen LogP contribution in [0.15, 0.2) is 37.0 Å². The van der Waals surface area contributed by atoms with Crippen molar-refractivity contribution in [1.29, 1.82) is 0 Å². The zero-order valence-electron chi connectivity index (χ0n) is 16.3. The number of aliphatic hydroxyl groups excluding tert-OH is 1. The average molecular weight is 379 g/mol. The van der Waals surface area contributed by atoms with E-state index in [-0.39, 0.29) is 30.5 Å². The second kappa shape index (κ2) is 11.9. The van der Waals surface area contributed by atoms with Gasteiger partial charge in [0.2, 0.25) is 0 Å². The second-order valence-electron chi connectivity index (χ2n) is 7.46. The quantitative estimate of drug-likeness (QED) is 0.335. The van der Waals surface area contributed by atoms with Crippen molar-refractivity contribution in [2.75, 3.05) is 0 Å². The number of ketones is 1. The largest absolute Gasteiger partial charge is 0.481 e. The van der Waals surface area contributed by atoms with Crippen LogP contribution in [0, 0.1) is 11.8 Å². The molecule has 152 valence electrons. The van der Waals surface area contributed by atoms with E-state index in [2.05, 4.69) is 13.5 Å². The van der Waals surface area contributed by atoms with E-state index in [9.17, 15) is 19.8 Å². The van der Waals surface area contributed by atoms with Gasteiger partial charge in [-0.3, -0.25) is 9.59 Å². The predicted molar refractivity (Wildman–Crippen MR) is 106 cm³/mol. The fourth-order valence-electron chi connectivity index (χ4n) is 3.46. The summed E-state index contributed by atoms with van der Waals surface area (Å²) in [6.45, 7) is 5.78. The number of carboxylic acids is 1. The topological polar surface area (TPSA) is 94.8 Å². The maximum absolute atomic E-state index is 12.2. The van der Waals surface area contributed by atoms with Crippen molar-refractivity contribution in [1.82, 2.24) is 0 Å². The highest BCUT2D eigenvalue weighted by atomic mass is 16.4. The number of unbranched alkanes of at least 4 members (excludes halogenated alkanes) is 2. The van der Waals surface area contributed by atoms with Crippen molar-refractivity contribution in [3.05, 3.63) is 37.0 Å². The van der Waals surface area contributed by atoms with Gasteiger partial charge in [0.1, 0.15) is 5.78 Å². The van der Waals surface area contributed by atoms with Crippen molar-refractivity contribution in [2.24, 2.45) is 11.8 Å². The Kier molecular flexibility index (Phi) is 10.3. The van der Waals surface area contributed by atoms with Crippen molar-refractivity contribution >= 4 is 11.8 Å². The molecule has 0 radical (unpaired) electrons. The van der Waals surface area contributed by atoms with Crippen molar-refractivity contribution in [3.63, 3.8) is 0 Å². The third-order valence-corrected chi connectivity index (χ3v) is 5.23. The van der Waals surface area contributed by atoms with Crippen LogP contribution in [0.4, 0.5) is 0 Å². The van der Waals surface area contributed by atoms with Gasteiger partial charge in [0.25, 0.3) is 0 Å². The maximum Gasteiger partial charge on any atom is 0.303 e. The molecule has 1 aliphatic rings. The van der Waals surface area contributed by atoms with E-state index in [0.717, 1.165) is 12.8 Å². The highest BCUT2D eigenvalue weighted by Crippen LogP contribution is 2.34. The lowest BCUT2D eigenvalue weighted by atomic mass is 9.88. The highest BCUT2D eigenvalue weighted by molar-refractivity contribution is 5.86. The molecule has 0 aromatic rings. The lowest BCUT2D eigenvalue weighted by molar-refractivity contribution is -0.137. The van der Waals surface area contributed by atoms with Crippen LogP contribution >= 0.6 is 0 Å². The number of aliphatic hydroxyl groups is 2. The minimum atomic E-state index is -0.952. The standard InChI is InChI=1S/C22H34O5/c1-3-5-14-22(27,4-2)15-10-12-18-17(19(23)16-20(18)24)11-8-6-7-9-13-21(25)26/h4,6,8,10,12,17-19,23,27H,2-3,5,7,9,11,13-16H2,1H3,(H,25,26)/t17-,18-,19+,22?/m1/s1. The molecule has 0 aliphatic heterocycles. The summed E-state index contributed by atoms with van der Waals surface area (Å²) in [4.78, 5) is 22.7. The summed E-state index contributed by atoms with van der Waals surface area (Å²) in [7, 11) is 0. The molecule has 0 saturated heterocycles. The van der Waals surface area contributed by atoms with Crippen LogP contribution in [0.1, 0.15) is 64.7 Å². The number of Topliss-reactive ketones (excluding diaryl/α,β-unsaturated/α-hetero) is 1. The van der Waals surface area contributed by atoms with E-state index in [4.69, 9.17) is 5.11 Å². The zero-order chi connectivity index (χ0) is 20.3. The van der Waals surface area contributed by atoms with Gasteiger partial charge >= 0.3 is 5.97 Å². The number of carbonyl (C=O) groups is 2. The van der Waals surface area contributed by atoms with Gasteiger partial charge in [0, 0.05) is 24.7 Å². The lowest BCUT2D eigenvalue weighted by Crippen LogP contribution is -2.24. The fourth-order valence-corrected chi connectivity index (χ4v) is 3.46. The number of hydrogen-bond donors (Lipinski definition) is 3. The number of carbonyl (C=O) groups excluding carboxylic acids is 1. The van der Waals surface area contributed by atoms with Gasteiger partial charge in [-0.1, -0.05) is 50.1 Å². The van der Waals surface area contributed by atoms with Gasteiger partial charge in [-0.25, -0.2) is 0 Å². The summed E-state index contributed by atoms with van der Waals surface area (Å²) in [6.07, 6.45) is 13.5. The van der Waals surface area contributed by atoms with Crippen molar-refractivity contribution in [3.8, 4) is 0 Å². The average Bonchev–Trinajstić information content (AvgIpc) is 2.89. The summed E-state index contributed by atoms with van der Waals surface area (Å²) in [5.41, 5.74) is -0.952. The van der Waals surface area contributed by atoms with E-state index < -0.39 is 17.7 Å². The second-order valence-corrected chi connectivity index (χ2v) is 7.46. The van der Waals surface area contributed by atoms with E-state index in [0.29, 0.717) is 32.1 Å². The van der Waals surface area contributed by atoms with Crippen molar-refractivity contribution in [2.45, 2.75) is 76.4 Å². The Bertz CT molecular complexity index is 551. The Balaban J connectivity index is 2.59. The van der Waals surface area contributed by atoms with Gasteiger partial charge in [-0.15, -0.1) is 6.58 Å². The Morgan fingerprint density at radius 2 is 2.04 bits per heavy atom. The van der Waals surface area contributed by atoms with Crippen LogP contribution in [0.3, 0.4) is 0 Å². The number of aliphatic carboxylic acids is 1. The molecule has 1 saturated carbocycles. The molecule has 0 heterocycles. The number of rotatable bonds is 13. The first kappa shape index (κ1) is 23.3. The summed E-state index contributed by atoms with van der Waals surface area (Å²) in [5, 5.41) is 29.3. The third-order valence-electron chi connectivity index (χ3n) is 5.23. The highest BCUT2D eigenvalue weighted by Gasteiger charge is 2.39. The van der Waals surface area contributed by atoms with Gasteiger partial charge < -0.3 is 15.3 Å². The third kappa shape index (κ3) is 8.22. The summed E-state index contributed by atoms with van der Waals surface area (Å²) in [5.74, 6) is -1.29. The van der Waals surface area contributed by atoms with Gasteiger partial charge in [0.15, 0.2) is 0 Å². The molecule has 1 aliphatic carbocycles. The minimum absolute atomic E-state index is 0.0266. The molecule has 1 fully saturated rings. The predicted octanol–water partition coefficient (Wildman–Crippen LogP) is 3.81. The van der Waals surface area contributed by atoms with Crippen LogP contribution in [0.25, 0.3) is 0 Å². The van der Waals surface area contributed by atoms with E-state index in [1.807, 2.05) is 24.3 Å². The van der Waals surface area contributed by atoms with Gasteiger partial charge in [-0.05, 0) is 32.1 Å². The molecule has 27 heavy (non-hydrogen) atoms. The Morgan fingerprint density at radius 3 is 2.67 bits per heavy atom. The van der Waals surface area contributed by atoms with Crippen LogP contribution in [-0.2, 0) is 9.59 Å². The van der Waals surface area contributed by atoms with E-state index >= 15 is 0 Å². The molecule has 0 bridgehead atoms. The molecule has 0 spiro atoms. The monoisotopic (exact) mass is 378 g/mol. The summed E-state index contributed by atoms with van der Waals surface area (Å²) in [6, 6.07) is 0. The van der Waals surface area contributed by atoms with Crippen LogP contribution in [-0.4, -0.2) is 38.8 Å². The molecular formula is C22H34O5. The van der Waals surface area contributed by atoms with E-state index in [1.54, 1.807) is 6.08 Å². The smallest absolute Gasteiger partial charge is 0.303 e. The van der Waals surface area contributed by atoms with Gasteiger partial charge in [0.05, 0.1) is 11.7 Å². The zero-order valence-corrected chi connectivity index (χ0v) is 16.3. The molecule has 3 N–H and O–H groups in total. The molecule has 4 atom stereocenters. The Morgan fingerprint density at radius 1 is 1.30 bits per heavy atom. The molecule has 1 unspecified atom stereocenters. The fraction of sp³-hybridized carbons (Fsp3) is 0.636. The first-order chi connectivity index (χ1) is 12.8. The maximum atomic E-state index is 12.2. The molecule has 5 heteroatoms. The summed E-state index contributed by atoms with van der Waals surface area (Å²) < 4.78 is 0. The molecule has 5 nitrogen and oxygen atoms in total. The first-order valence-electron chi connectivity index (χ1n) is 9.93. The first-order valence-corrected chi connectivity index (χ1v) is 9.93. The van der Waals surface area contributed by atoms with Crippen molar-refractivity contribution < 1.29 is 24.9 Å². The molecule has 0 aromatic heterocycles. The van der Waals surface area contributed by atoms with Crippen LogP contribution in [0.2, 0.25) is 0 Å². The van der Waals surface area contributed by atoms with Crippen LogP contribution < -0.4 is 0 Å². The lowest BCUT2D eigenvalue weighted by Gasteiger charge is -2.23. The number of carboxylic acid groups (broad SMARTS) is 1. The van der Waals surface area contributed by atoms with Crippen LogP contribution in [0.5, 0.6) is 0 Å².